The highest BCUT2D eigenvalue weighted by molar-refractivity contribution is 6.25. The number of benzene rings is 2. The molecule has 8 nitrogen and oxygen atoms in total. The number of fused-ring (bicyclic) bond motifs is 2. The van der Waals surface area contributed by atoms with Crippen molar-refractivity contribution in [2.45, 2.75) is 20.4 Å². The van der Waals surface area contributed by atoms with Gasteiger partial charge in [-0.15, -0.1) is 0 Å². The number of aromatic amines is 1. The molecule has 5 rings (SSSR count). The first-order chi connectivity index (χ1) is 17.3. The fourth-order valence-electron chi connectivity index (χ4n) is 4.54. The Morgan fingerprint density at radius 2 is 1.78 bits per heavy atom. The number of carbonyl (C=O) groups excluding carboxylic acids is 3. The number of hydrogen-bond acceptors (Lipinski definition) is 5. The number of nitrogens with one attached hydrogen (secondary N) is 1. The molecule has 0 fully saturated rings. The number of Topliss-reactive ketones (excluding diaryl/α,β-unsaturated/α-hetero) is 1. The molecule has 1 amide bonds. The van der Waals surface area contributed by atoms with E-state index < -0.39 is 0 Å². The van der Waals surface area contributed by atoms with Gasteiger partial charge in [-0.2, -0.15) is 0 Å². The third-order valence-corrected chi connectivity index (χ3v) is 6.35. The van der Waals surface area contributed by atoms with Gasteiger partial charge in [-0.05, 0) is 31.5 Å². The zero-order chi connectivity index (χ0) is 25.6. The molecule has 0 saturated heterocycles. The normalized spacial score (nSPS) is 11.2. The van der Waals surface area contributed by atoms with E-state index in [0.717, 1.165) is 22.4 Å². The largest absolute Gasteiger partial charge is 0.350 e. The van der Waals surface area contributed by atoms with Crippen LogP contribution in [0.2, 0.25) is 0 Å². The second-order valence-corrected chi connectivity index (χ2v) is 8.99. The number of aryl methyl sites for hydroxylation is 1. The van der Waals surface area contributed by atoms with Crippen molar-refractivity contribution in [2.75, 3.05) is 14.1 Å². The van der Waals surface area contributed by atoms with E-state index in [1.165, 1.54) is 11.8 Å². The van der Waals surface area contributed by atoms with Crippen molar-refractivity contribution in [3.05, 3.63) is 94.7 Å². The lowest BCUT2D eigenvalue weighted by Crippen LogP contribution is -2.24. The van der Waals surface area contributed by atoms with Crippen molar-refractivity contribution < 1.29 is 14.4 Å². The summed E-state index contributed by atoms with van der Waals surface area (Å²) >= 11 is 0. The van der Waals surface area contributed by atoms with Gasteiger partial charge in [0.1, 0.15) is 17.0 Å². The highest BCUT2D eigenvalue weighted by Gasteiger charge is 2.27. The highest BCUT2D eigenvalue weighted by Crippen LogP contribution is 2.30. The van der Waals surface area contributed by atoms with E-state index >= 15 is 0 Å². The van der Waals surface area contributed by atoms with Crippen molar-refractivity contribution in [2.24, 2.45) is 0 Å². The molecule has 3 aromatic heterocycles. The Labute approximate surface area is 207 Å². The smallest absolute Gasteiger partial charge is 0.270 e. The van der Waals surface area contributed by atoms with Gasteiger partial charge < -0.3 is 14.5 Å². The standard InChI is InChI=1S/C28H25N5O3/c1-16(34)20-6-5-7-21-24(20)25(26(31-21)28(36)32(3)4)27(35)19-10-8-18(9-11-19)15-33-17(2)30-22-14-29-13-12-23(22)33/h5-14,31H,15H2,1-4H3. The molecule has 3 heterocycles. The van der Waals surface area contributed by atoms with E-state index in [2.05, 4.69) is 19.5 Å². The Kier molecular flexibility index (Phi) is 5.72. The molecule has 0 aliphatic heterocycles. The molecule has 8 heteroatoms. The molecular weight excluding hydrogens is 454 g/mol. The second kappa shape index (κ2) is 8.88. The topological polar surface area (TPSA) is 101 Å². The summed E-state index contributed by atoms with van der Waals surface area (Å²) in [5.41, 5.74) is 4.62. The number of aromatic nitrogens is 4. The number of ketones is 2. The summed E-state index contributed by atoms with van der Waals surface area (Å²) in [5, 5.41) is 0.471. The minimum atomic E-state index is -0.336. The second-order valence-electron chi connectivity index (χ2n) is 8.99. The summed E-state index contributed by atoms with van der Waals surface area (Å²) < 4.78 is 2.10. The minimum Gasteiger partial charge on any atom is -0.350 e. The van der Waals surface area contributed by atoms with Gasteiger partial charge in [0.25, 0.3) is 5.91 Å². The van der Waals surface area contributed by atoms with Crippen LogP contribution in [-0.4, -0.2) is 56.0 Å². The molecule has 5 aromatic rings. The van der Waals surface area contributed by atoms with Crippen molar-refractivity contribution in [3.63, 3.8) is 0 Å². The molecule has 0 radical (unpaired) electrons. The summed E-state index contributed by atoms with van der Waals surface area (Å²) in [6, 6.07) is 14.4. The number of carbonyl (C=O) groups is 3. The van der Waals surface area contributed by atoms with Crippen LogP contribution in [0.5, 0.6) is 0 Å². The molecule has 0 aliphatic carbocycles. The number of pyridine rings is 1. The summed E-state index contributed by atoms with van der Waals surface area (Å²) in [6.07, 6.45) is 3.48. The van der Waals surface area contributed by atoms with Gasteiger partial charge in [0.2, 0.25) is 0 Å². The van der Waals surface area contributed by atoms with Gasteiger partial charge in [0, 0.05) is 48.9 Å². The molecule has 36 heavy (non-hydrogen) atoms. The fraction of sp³-hybridized carbons (Fsp3) is 0.179. The third kappa shape index (κ3) is 3.86. The monoisotopic (exact) mass is 479 g/mol. The van der Waals surface area contributed by atoms with Crippen molar-refractivity contribution in [1.82, 2.24) is 24.4 Å². The van der Waals surface area contributed by atoms with Crippen molar-refractivity contribution >= 4 is 39.4 Å². The predicted molar refractivity (Wildman–Crippen MR) is 138 cm³/mol. The molecular formula is C28H25N5O3. The average molecular weight is 480 g/mol. The van der Waals surface area contributed by atoms with Crippen LogP contribution in [0.25, 0.3) is 21.9 Å². The van der Waals surface area contributed by atoms with Gasteiger partial charge in [0.15, 0.2) is 11.6 Å². The zero-order valence-corrected chi connectivity index (χ0v) is 20.5. The van der Waals surface area contributed by atoms with E-state index in [9.17, 15) is 14.4 Å². The van der Waals surface area contributed by atoms with Crippen molar-refractivity contribution in [3.8, 4) is 0 Å². The van der Waals surface area contributed by atoms with Crippen LogP contribution in [0.1, 0.15) is 55.1 Å². The van der Waals surface area contributed by atoms with Crippen molar-refractivity contribution in [1.29, 1.82) is 0 Å². The molecule has 0 spiro atoms. The number of nitrogens with zero attached hydrogens (tertiary/aromatic N) is 4. The number of rotatable bonds is 6. The van der Waals surface area contributed by atoms with E-state index in [0.29, 0.717) is 28.6 Å². The lowest BCUT2D eigenvalue weighted by atomic mass is 9.95. The van der Waals surface area contributed by atoms with Gasteiger partial charge in [-0.25, -0.2) is 4.98 Å². The van der Waals surface area contributed by atoms with Gasteiger partial charge in [-0.3, -0.25) is 19.4 Å². The quantitative estimate of drug-likeness (QED) is 0.364. The minimum absolute atomic E-state index is 0.173. The molecule has 1 N–H and O–H groups in total. The van der Waals surface area contributed by atoms with Crippen LogP contribution >= 0.6 is 0 Å². The number of hydrogen-bond donors (Lipinski definition) is 1. The molecule has 0 saturated carbocycles. The van der Waals surface area contributed by atoms with E-state index in [1.54, 1.807) is 56.8 Å². The Hall–Kier alpha value is -4.59. The van der Waals surface area contributed by atoms with E-state index in [1.807, 2.05) is 25.1 Å². The van der Waals surface area contributed by atoms with Crippen LogP contribution < -0.4 is 0 Å². The first kappa shape index (κ1) is 23.2. The van der Waals surface area contributed by atoms with Crippen LogP contribution in [0.15, 0.2) is 60.9 Å². The Morgan fingerprint density at radius 3 is 2.47 bits per heavy atom. The number of H-pyrrole nitrogens is 1. The summed E-state index contributed by atoms with van der Waals surface area (Å²) in [7, 11) is 3.25. The Bertz CT molecular complexity index is 1660. The summed E-state index contributed by atoms with van der Waals surface area (Å²) in [4.78, 5) is 52.3. The average Bonchev–Trinajstić information content (AvgIpc) is 3.41. The van der Waals surface area contributed by atoms with Crippen LogP contribution in [0.3, 0.4) is 0 Å². The first-order valence-corrected chi connectivity index (χ1v) is 11.5. The molecule has 2 aromatic carbocycles. The Morgan fingerprint density at radius 1 is 1.03 bits per heavy atom. The third-order valence-electron chi connectivity index (χ3n) is 6.35. The molecule has 180 valence electrons. The first-order valence-electron chi connectivity index (χ1n) is 11.5. The summed E-state index contributed by atoms with van der Waals surface area (Å²) in [6.45, 7) is 3.99. The lowest BCUT2D eigenvalue weighted by Gasteiger charge is -2.12. The van der Waals surface area contributed by atoms with Gasteiger partial charge >= 0.3 is 0 Å². The highest BCUT2D eigenvalue weighted by atomic mass is 16.2. The maximum atomic E-state index is 13.8. The summed E-state index contributed by atoms with van der Waals surface area (Å²) in [5.74, 6) is 0.0474. The SMILES string of the molecule is CC(=O)c1cccc2[nH]c(C(=O)N(C)C)c(C(=O)c3ccc(Cn4c(C)nc5cnccc54)cc3)c12. The Balaban J connectivity index is 1.56. The zero-order valence-electron chi connectivity index (χ0n) is 20.5. The molecule has 0 unspecified atom stereocenters. The molecule has 0 aliphatic rings. The van der Waals surface area contributed by atoms with Crippen LogP contribution in [0.4, 0.5) is 0 Å². The van der Waals surface area contributed by atoms with E-state index in [-0.39, 0.29) is 28.7 Å². The molecule has 0 atom stereocenters. The maximum absolute atomic E-state index is 13.8. The molecule has 0 bridgehead atoms. The van der Waals surface area contributed by atoms with Gasteiger partial charge in [-0.1, -0.05) is 36.4 Å². The maximum Gasteiger partial charge on any atom is 0.270 e. The number of amides is 1. The fourth-order valence-corrected chi connectivity index (χ4v) is 4.54. The predicted octanol–water partition coefficient (Wildman–Crippen LogP) is 4.40. The van der Waals surface area contributed by atoms with Crippen LogP contribution in [-0.2, 0) is 6.54 Å². The van der Waals surface area contributed by atoms with Gasteiger partial charge in [0.05, 0.1) is 17.3 Å². The number of imidazole rings is 1. The van der Waals surface area contributed by atoms with Crippen LogP contribution in [0, 0.1) is 6.92 Å². The van der Waals surface area contributed by atoms with E-state index in [4.69, 9.17) is 0 Å². The lowest BCUT2D eigenvalue weighted by molar-refractivity contribution is 0.0817.